The van der Waals surface area contributed by atoms with Crippen molar-refractivity contribution in [3.8, 4) is 11.3 Å². The molecule has 7 nitrogen and oxygen atoms in total. The lowest BCUT2D eigenvalue weighted by atomic mass is 10.1. The Morgan fingerprint density at radius 3 is 2.34 bits per heavy atom. The third-order valence-electron chi connectivity index (χ3n) is 5.72. The van der Waals surface area contributed by atoms with Crippen molar-refractivity contribution < 1.29 is 14.3 Å². The number of rotatable bonds is 4. The summed E-state index contributed by atoms with van der Waals surface area (Å²) in [6.07, 6.45) is 2.20. The zero-order valence-corrected chi connectivity index (χ0v) is 18.5. The van der Waals surface area contributed by atoms with Crippen molar-refractivity contribution >= 4 is 12.0 Å². The quantitative estimate of drug-likeness (QED) is 0.629. The van der Waals surface area contributed by atoms with Crippen molar-refractivity contribution in [2.24, 2.45) is 0 Å². The van der Waals surface area contributed by atoms with Crippen LogP contribution in [-0.4, -0.2) is 64.9 Å². The first-order chi connectivity index (χ1) is 15.5. The number of aryl methyl sites for hydroxylation is 1. The number of carbonyl (C=O) groups is 2. The Labute approximate surface area is 188 Å². The molecule has 0 spiro atoms. The zero-order chi connectivity index (χ0) is 22.5. The lowest BCUT2D eigenvalue weighted by molar-refractivity contribution is 0.0758. The molecule has 0 N–H and O–H groups in total. The molecule has 0 atom stereocenters. The van der Waals surface area contributed by atoms with Gasteiger partial charge in [-0.05, 0) is 18.9 Å². The Morgan fingerprint density at radius 1 is 0.938 bits per heavy atom. The van der Waals surface area contributed by atoms with E-state index in [2.05, 4.69) is 0 Å². The highest BCUT2D eigenvalue weighted by Gasteiger charge is 2.26. The fourth-order valence-corrected chi connectivity index (χ4v) is 3.96. The molecule has 0 radical (unpaired) electrons. The fraction of sp³-hybridized carbons (Fsp3) is 0.320. The molecule has 32 heavy (non-hydrogen) atoms. The van der Waals surface area contributed by atoms with E-state index in [1.165, 1.54) is 7.11 Å². The standard InChI is InChI=1S/C25H28N4O3/c1-19-9-11-21(12-10-19)23-22(18-29(26-23)17-20-7-4-3-5-8-20)24(30)27-13-6-14-28(16-15-27)25(31)32-2/h3-5,7-12,18H,6,13-17H2,1-2H3. The molecule has 2 amide bonds. The van der Waals surface area contributed by atoms with E-state index in [1.807, 2.05) is 77.3 Å². The number of hydrogen-bond donors (Lipinski definition) is 0. The van der Waals surface area contributed by atoms with E-state index >= 15 is 0 Å². The van der Waals surface area contributed by atoms with Crippen LogP contribution in [0.3, 0.4) is 0 Å². The van der Waals surface area contributed by atoms with Gasteiger partial charge in [0.2, 0.25) is 0 Å². The van der Waals surface area contributed by atoms with Gasteiger partial charge in [-0.2, -0.15) is 5.10 Å². The lowest BCUT2D eigenvalue weighted by Crippen LogP contribution is -2.37. The number of ether oxygens (including phenoxy) is 1. The molecule has 1 aliphatic heterocycles. The molecule has 1 fully saturated rings. The fourth-order valence-electron chi connectivity index (χ4n) is 3.96. The average Bonchev–Trinajstić information content (AvgIpc) is 3.07. The number of methoxy groups -OCH3 is 1. The van der Waals surface area contributed by atoms with Crippen LogP contribution in [0.4, 0.5) is 4.79 Å². The summed E-state index contributed by atoms with van der Waals surface area (Å²) in [5, 5.41) is 4.79. The van der Waals surface area contributed by atoms with Gasteiger partial charge in [0, 0.05) is 37.9 Å². The Bertz CT molecular complexity index is 1080. The first kappa shape index (κ1) is 21.6. The highest BCUT2D eigenvalue weighted by atomic mass is 16.5. The van der Waals surface area contributed by atoms with E-state index < -0.39 is 0 Å². The normalized spacial score (nSPS) is 14.2. The lowest BCUT2D eigenvalue weighted by Gasteiger charge is -2.21. The molecule has 2 aromatic carbocycles. The average molecular weight is 433 g/mol. The van der Waals surface area contributed by atoms with Crippen molar-refractivity contribution in [2.45, 2.75) is 19.9 Å². The summed E-state index contributed by atoms with van der Waals surface area (Å²) in [4.78, 5) is 28.9. The third kappa shape index (κ3) is 4.82. The summed E-state index contributed by atoms with van der Waals surface area (Å²) < 4.78 is 6.67. The molecule has 4 rings (SSSR count). The molecule has 0 saturated carbocycles. The minimum atomic E-state index is -0.352. The highest BCUT2D eigenvalue weighted by Crippen LogP contribution is 2.25. The van der Waals surface area contributed by atoms with Crippen LogP contribution in [0.1, 0.15) is 27.9 Å². The largest absolute Gasteiger partial charge is 0.453 e. The van der Waals surface area contributed by atoms with Crippen LogP contribution in [-0.2, 0) is 11.3 Å². The smallest absolute Gasteiger partial charge is 0.409 e. The maximum absolute atomic E-state index is 13.6. The molecule has 0 unspecified atom stereocenters. The maximum atomic E-state index is 13.6. The predicted molar refractivity (Wildman–Crippen MR) is 122 cm³/mol. The van der Waals surface area contributed by atoms with E-state index in [4.69, 9.17) is 9.84 Å². The van der Waals surface area contributed by atoms with Crippen molar-refractivity contribution in [3.05, 3.63) is 77.5 Å². The number of benzene rings is 2. The van der Waals surface area contributed by atoms with E-state index in [9.17, 15) is 9.59 Å². The van der Waals surface area contributed by atoms with Crippen molar-refractivity contribution in [1.82, 2.24) is 19.6 Å². The molecule has 7 heteroatoms. The molecule has 166 valence electrons. The number of amides is 2. The zero-order valence-electron chi connectivity index (χ0n) is 18.5. The van der Waals surface area contributed by atoms with Crippen LogP contribution in [0.5, 0.6) is 0 Å². The second-order valence-corrected chi connectivity index (χ2v) is 8.04. The van der Waals surface area contributed by atoms with Crippen LogP contribution in [0, 0.1) is 6.92 Å². The van der Waals surface area contributed by atoms with Crippen LogP contribution >= 0.6 is 0 Å². The molecular weight excluding hydrogens is 404 g/mol. The second kappa shape index (κ2) is 9.68. The summed E-state index contributed by atoms with van der Waals surface area (Å²) in [7, 11) is 1.38. The third-order valence-corrected chi connectivity index (χ3v) is 5.72. The van der Waals surface area contributed by atoms with E-state index in [-0.39, 0.29) is 12.0 Å². The van der Waals surface area contributed by atoms with Gasteiger partial charge in [0.1, 0.15) is 5.69 Å². The van der Waals surface area contributed by atoms with Crippen LogP contribution in [0.2, 0.25) is 0 Å². The first-order valence-electron chi connectivity index (χ1n) is 10.9. The Balaban J connectivity index is 1.63. The minimum Gasteiger partial charge on any atom is -0.453 e. The molecular formula is C25H28N4O3. The monoisotopic (exact) mass is 432 g/mol. The van der Waals surface area contributed by atoms with Crippen LogP contribution < -0.4 is 0 Å². The molecule has 1 aliphatic rings. The number of hydrogen-bond acceptors (Lipinski definition) is 4. The SMILES string of the molecule is COC(=O)N1CCCN(C(=O)c2cn(Cc3ccccc3)nc2-c2ccc(C)cc2)CC1. The Morgan fingerprint density at radius 2 is 1.62 bits per heavy atom. The molecule has 2 heterocycles. The van der Waals surface area contributed by atoms with E-state index in [1.54, 1.807) is 4.90 Å². The summed E-state index contributed by atoms with van der Waals surface area (Å²) in [5.74, 6) is -0.0633. The Hall–Kier alpha value is -3.61. The Kier molecular flexibility index (Phi) is 6.54. The summed E-state index contributed by atoms with van der Waals surface area (Å²) in [6.45, 7) is 4.71. The number of carbonyl (C=O) groups excluding carboxylic acids is 2. The highest BCUT2D eigenvalue weighted by molar-refractivity contribution is 5.99. The molecule has 1 saturated heterocycles. The van der Waals surface area contributed by atoms with Gasteiger partial charge in [-0.15, -0.1) is 0 Å². The van der Waals surface area contributed by atoms with Crippen molar-refractivity contribution in [2.75, 3.05) is 33.3 Å². The van der Waals surface area contributed by atoms with E-state index in [0.717, 1.165) is 16.7 Å². The van der Waals surface area contributed by atoms with Crippen LogP contribution in [0.15, 0.2) is 60.8 Å². The van der Waals surface area contributed by atoms with Crippen molar-refractivity contribution in [1.29, 1.82) is 0 Å². The molecule has 3 aromatic rings. The van der Waals surface area contributed by atoms with Gasteiger partial charge < -0.3 is 14.5 Å². The summed E-state index contributed by atoms with van der Waals surface area (Å²) >= 11 is 0. The minimum absolute atomic E-state index is 0.0633. The van der Waals surface area contributed by atoms with Gasteiger partial charge >= 0.3 is 6.09 Å². The molecule has 0 bridgehead atoms. The van der Waals surface area contributed by atoms with Gasteiger partial charge in [0.25, 0.3) is 5.91 Å². The summed E-state index contributed by atoms with van der Waals surface area (Å²) in [6, 6.07) is 18.1. The van der Waals surface area contributed by atoms with E-state index in [0.29, 0.717) is 50.4 Å². The maximum Gasteiger partial charge on any atom is 0.409 e. The summed E-state index contributed by atoms with van der Waals surface area (Å²) in [5.41, 5.74) is 4.45. The van der Waals surface area contributed by atoms with Gasteiger partial charge in [-0.3, -0.25) is 9.48 Å². The molecule has 1 aromatic heterocycles. The number of nitrogens with zero attached hydrogens (tertiary/aromatic N) is 4. The van der Waals surface area contributed by atoms with Crippen molar-refractivity contribution in [3.63, 3.8) is 0 Å². The second-order valence-electron chi connectivity index (χ2n) is 8.04. The molecule has 0 aliphatic carbocycles. The topological polar surface area (TPSA) is 67.7 Å². The van der Waals surface area contributed by atoms with Gasteiger partial charge in [-0.25, -0.2) is 4.79 Å². The first-order valence-corrected chi connectivity index (χ1v) is 10.9. The number of aromatic nitrogens is 2. The van der Waals surface area contributed by atoms with Gasteiger partial charge in [0.05, 0.1) is 19.2 Å². The predicted octanol–water partition coefficient (Wildman–Crippen LogP) is 3.82. The van der Waals surface area contributed by atoms with Crippen LogP contribution in [0.25, 0.3) is 11.3 Å². The van der Waals surface area contributed by atoms with Gasteiger partial charge in [0.15, 0.2) is 0 Å². The van der Waals surface area contributed by atoms with Gasteiger partial charge in [-0.1, -0.05) is 60.2 Å².